The summed E-state index contributed by atoms with van der Waals surface area (Å²) in [5, 5.41) is 8.98. The van der Waals surface area contributed by atoms with Crippen molar-refractivity contribution >= 4 is 0 Å². The summed E-state index contributed by atoms with van der Waals surface area (Å²) < 4.78 is 2.05. The van der Waals surface area contributed by atoms with Gasteiger partial charge in [0, 0.05) is 6.42 Å². The van der Waals surface area contributed by atoms with Crippen molar-refractivity contribution < 1.29 is 17.0 Å². The van der Waals surface area contributed by atoms with E-state index in [-0.39, 0.29) is 18.4 Å². The fraction of sp³-hybridized carbons (Fsp3) is 0.765. The highest BCUT2D eigenvalue weighted by atomic mass is 35.5. The second-order valence-corrected chi connectivity index (χ2v) is 5.70. The zero-order chi connectivity index (χ0) is 14.6. The molecule has 120 valence electrons. The van der Waals surface area contributed by atoms with Crippen LogP contribution in [0.2, 0.25) is 0 Å². The molecule has 0 spiro atoms. The van der Waals surface area contributed by atoms with Gasteiger partial charge in [0.2, 0.25) is 0 Å². The second-order valence-electron chi connectivity index (χ2n) is 5.70. The van der Waals surface area contributed by atoms with E-state index in [1.807, 2.05) is 23.9 Å². The molecule has 0 bridgehead atoms. The number of hydrogen-bond acceptors (Lipinski definition) is 1. The van der Waals surface area contributed by atoms with E-state index in [1.54, 1.807) is 0 Å². The van der Waals surface area contributed by atoms with Crippen LogP contribution in [0.15, 0.2) is 12.4 Å². The van der Waals surface area contributed by atoms with E-state index in [1.165, 1.54) is 63.6 Å². The number of aromatic amines is 1. The first-order valence-corrected chi connectivity index (χ1v) is 8.26. The third kappa shape index (κ3) is 8.12. The first kappa shape index (κ1) is 20.0. The summed E-state index contributed by atoms with van der Waals surface area (Å²) in [6.07, 6.45) is 17.1. The van der Waals surface area contributed by atoms with E-state index < -0.39 is 0 Å². The van der Waals surface area contributed by atoms with Gasteiger partial charge in [0.15, 0.2) is 6.04 Å². The van der Waals surface area contributed by atoms with E-state index in [2.05, 4.69) is 18.0 Å². The minimum absolute atomic E-state index is 0. The van der Waals surface area contributed by atoms with Gasteiger partial charge in [0.1, 0.15) is 18.5 Å². The molecule has 0 saturated heterocycles. The highest BCUT2D eigenvalue weighted by Crippen LogP contribution is 2.10. The normalized spacial score (nSPS) is 11.7. The van der Waals surface area contributed by atoms with Crippen LogP contribution in [0.4, 0.5) is 0 Å². The van der Waals surface area contributed by atoms with Crippen molar-refractivity contribution in [2.24, 2.45) is 0 Å². The fourth-order valence-electron chi connectivity index (χ4n) is 2.61. The lowest BCUT2D eigenvalue weighted by molar-refractivity contribution is -0.712. The maximum absolute atomic E-state index is 8.98. The maximum atomic E-state index is 8.98. The van der Waals surface area contributed by atoms with Crippen LogP contribution in [-0.2, 0) is 6.42 Å². The maximum Gasteiger partial charge on any atom is 0.255 e. The van der Waals surface area contributed by atoms with Gasteiger partial charge in [-0.05, 0) is 13.3 Å². The highest BCUT2D eigenvalue weighted by molar-refractivity contribution is 4.82. The molecule has 21 heavy (non-hydrogen) atoms. The molecule has 0 fully saturated rings. The summed E-state index contributed by atoms with van der Waals surface area (Å²) in [7, 11) is 0. The van der Waals surface area contributed by atoms with Crippen LogP contribution in [-0.4, -0.2) is 4.98 Å². The second kappa shape index (κ2) is 12.7. The number of H-pyrrole nitrogens is 1. The average molecular weight is 312 g/mol. The summed E-state index contributed by atoms with van der Waals surface area (Å²) in [5.74, 6) is 1.18. The lowest BCUT2D eigenvalue weighted by atomic mass is 10.1. The Morgan fingerprint density at radius 1 is 1.10 bits per heavy atom. The molecule has 1 aromatic rings. The van der Waals surface area contributed by atoms with E-state index in [4.69, 9.17) is 5.26 Å². The summed E-state index contributed by atoms with van der Waals surface area (Å²) in [6, 6.07) is 2.21. The van der Waals surface area contributed by atoms with Crippen molar-refractivity contribution in [3.8, 4) is 6.07 Å². The standard InChI is InChI=1S/C17H29N3.ClH/c1-3-4-5-6-7-8-9-10-11-12-17-19-13-14-20(17)16(2)15-18;/h13-14,16H,3-12H2,1-2H3;1H. The van der Waals surface area contributed by atoms with E-state index in [0.717, 1.165) is 6.42 Å². The van der Waals surface area contributed by atoms with E-state index in [9.17, 15) is 0 Å². The number of unbranched alkanes of at least 4 members (excludes halogenated alkanes) is 8. The van der Waals surface area contributed by atoms with Crippen molar-refractivity contribution in [1.29, 1.82) is 5.26 Å². The molecule has 3 nitrogen and oxygen atoms in total. The van der Waals surface area contributed by atoms with Gasteiger partial charge in [0.25, 0.3) is 5.82 Å². The van der Waals surface area contributed by atoms with Crippen LogP contribution >= 0.6 is 0 Å². The molecule has 1 aromatic heterocycles. The third-order valence-electron chi connectivity index (χ3n) is 3.92. The van der Waals surface area contributed by atoms with E-state index >= 15 is 0 Å². The summed E-state index contributed by atoms with van der Waals surface area (Å²) in [5.41, 5.74) is 0. The molecule has 0 aliphatic rings. The van der Waals surface area contributed by atoms with Crippen LogP contribution in [0.1, 0.15) is 83.5 Å². The van der Waals surface area contributed by atoms with E-state index in [0.29, 0.717) is 0 Å². The molecule has 0 aliphatic carbocycles. The molecule has 0 amide bonds. The predicted octanol–water partition coefficient (Wildman–Crippen LogP) is 1.46. The molecule has 0 aromatic carbocycles. The van der Waals surface area contributed by atoms with Gasteiger partial charge in [-0.2, -0.15) is 5.26 Å². The minimum atomic E-state index is -0.0742. The largest absolute Gasteiger partial charge is 1.00 e. The van der Waals surface area contributed by atoms with Crippen LogP contribution in [0, 0.1) is 11.3 Å². The molecule has 1 heterocycles. The van der Waals surface area contributed by atoms with Crippen molar-refractivity contribution in [2.45, 2.75) is 84.1 Å². The number of nitrogens with one attached hydrogen (secondary N) is 1. The van der Waals surface area contributed by atoms with Crippen LogP contribution in [0.5, 0.6) is 0 Å². The summed E-state index contributed by atoms with van der Waals surface area (Å²) in [6.45, 7) is 4.20. The van der Waals surface area contributed by atoms with Crippen LogP contribution in [0.25, 0.3) is 0 Å². The van der Waals surface area contributed by atoms with Gasteiger partial charge in [-0.15, -0.1) is 0 Å². The SMILES string of the molecule is CCCCCCCCCCCc1[nH]cc[n+]1C(C)C#N.[Cl-]. The molecule has 0 radical (unpaired) electrons. The first-order chi connectivity index (χ1) is 9.79. The number of aromatic nitrogens is 2. The highest BCUT2D eigenvalue weighted by Gasteiger charge is 2.15. The van der Waals surface area contributed by atoms with Crippen molar-refractivity contribution in [2.75, 3.05) is 0 Å². The van der Waals surface area contributed by atoms with Crippen LogP contribution < -0.4 is 17.0 Å². The Morgan fingerprint density at radius 3 is 2.24 bits per heavy atom. The van der Waals surface area contributed by atoms with Crippen molar-refractivity contribution in [1.82, 2.24) is 4.98 Å². The lowest BCUT2D eigenvalue weighted by Crippen LogP contribution is -3.00. The Kier molecular flexibility index (Phi) is 12.1. The van der Waals surface area contributed by atoms with Gasteiger partial charge in [-0.1, -0.05) is 58.3 Å². The number of nitrogens with zero attached hydrogens (tertiary/aromatic N) is 2. The average Bonchev–Trinajstić information content (AvgIpc) is 2.93. The van der Waals surface area contributed by atoms with Gasteiger partial charge in [-0.25, -0.2) is 9.55 Å². The number of rotatable bonds is 11. The smallest absolute Gasteiger partial charge is 0.255 e. The Hall–Kier alpha value is -1.01. The van der Waals surface area contributed by atoms with Crippen molar-refractivity contribution in [3.63, 3.8) is 0 Å². The Bertz CT molecular complexity index is 395. The number of aryl methyl sites for hydroxylation is 1. The molecule has 4 heteroatoms. The molecule has 1 N–H and O–H groups in total. The summed E-state index contributed by atoms with van der Waals surface area (Å²) in [4.78, 5) is 3.26. The van der Waals surface area contributed by atoms with Crippen molar-refractivity contribution in [3.05, 3.63) is 18.2 Å². The third-order valence-corrected chi connectivity index (χ3v) is 3.92. The Morgan fingerprint density at radius 2 is 1.67 bits per heavy atom. The monoisotopic (exact) mass is 311 g/mol. The number of nitriles is 1. The number of hydrogen-bond donors (Lipinski definition) is 1. The predicted molar refractivity (Wildman–Crippen MR) is 82.2 cm³/mol. The Balaban J connectivity index is 0.00000400. The molecular weight excluding hydrogens is 282 g/mol. The Labute approximate surface area is 136 Å². The zero-order valence-corrected chi connectivity index (χ0v) is 14.3. The fourth-order valence-corrected chi connectivity index (χ4v) is 2.61. The molecule has 1 atom stereocenters. The van der Waals surface area contributed by atoms with Crippen LogP contribution in [0.3, 0.4) is 0 Å². The molecule has 1 unspecified atom stereocenters. The molecule has 0 aliphatic heterocycles. The number of imidazole rings is 1. The van der Waals surface area contributed by atoms with Gasteiger partial charge < -0.3 is 12.4 Å². The zero-order valence-electron chi connectivity index (χ0n) is 13.6. The topological polar surface area (TPSA) is 43.5 Å². The number of halogens is 1. The molecule has 0 saturated carbocycles. The summed E-state index contributed by atoms with van der Waals surface area (Å²) >= 11 is 0. The lowest BCUT2D eigenvalue weighted by Gasteiger charge is -2.03. The van der Waals surface area contributed by atoms with Gasteiger partial charge >= 0.3 is 0 Å². The first-order valence-electron chi connectivity index (χ1n) is 8.26. The molecule has 1 rings (SSSR count). The minimum Gasteiger partial charge on any atom is -1.00 e. The quantitative estimate of drug-likeness (QED) is 0.488. The van der Waals surface area contributed by atoms with Gasteiger partial charge in [-0.3, -0.25) is 0 Å². The molecular formula is C17H30ClN3. The van der Waals surface area contributed by atoms with Gasteiger partial charge in [0.05, 0.1) is 0 Å².